The molecule has 0 spiro atoms. The number of ketones is 1. The van der Waals surface area contributed by atoms with Crippen molar-refractivity contribution in [2.75, 3.05) is 28.1 Å². The molecule has 0 amide bonds. The van der Waals surface area contributed by atoms with Crippen molar-refractivity contribution >= 4 is 11.9 Å². The molecule has 2 aliphatic heterocycles. The molecule has 0 N–H and O–H groups in total. The first-order valence-electron chi connectivity index (χ1n) is 10.3. The van der Waals surface area contributed by atoms with Crippen LogP contribution in [0.1, 0.15) is 39.9 Å². The van der Waals surface area contributed by atoms with Crippen LogP contribution in [0.3, 0.4) is 0 Å². The lowest BCUT2D eigenvalue weighted by Crippen LogP contribution is -2.34. The second kappa shape index (κ2) is 7.50. The summed E-state index contributed by atoms with van der Waals surface area (Å²) >= 11 is 0. The zero-order chi connectivity index (χ0) is 21.7. The van der Waals surface area contributed by atoms with E-state index in [9.17, 15) is 4.79 Å². The van der Waals surface area contributed by atoms with Crippen LogP contribution in [0, 0.1) is 6.92 Å². The van der Waals surface area contributed by atoms with E-state index in [1.807, 2.05) is 13.0 Å². The lowest BCUT2D eigenvalue weighted by Gasteiger charge is -2.30. The van der Waals surface area contributed by atoms with Gasteiger partial charge in [0.2, 0.25) is 11.5 Å². The van der Waals surface area contributed by atoms with E-state index in [-0.39, 0.29) is 11.5 Å². The summed E-state index contributed by atoms with van der Waals surface area (Å²) in [6.45, 7) is 3.33. The number of nitrogens with zero attached hydrogens (tertiary/aromatic N) is 1. The molecule has 7 nitrogen and oxygen atoms in total. The number of hydrogen-bond donors (Lipinski definition) is 0. The first kappa shape index (κ1) is 19.8. The molecule has 1 aliphatic carbocycles. The van der Waals surface area contributed by atoms with Crippen molar-refractivity contribution < 1.29 is 28.5 Å². The summed E-state index contributed by atoms with van der Waals surface area (Å²) in [7, 11) is 4.66. The number of allylic oxidation sites excluding steroid dienone is 1. The van der Waals surface area contributed by atoms with E-state index in [4.69, 9.17) is 23.7 Å². The van der Waals surface area contributed by atoms with Crippen molar-refractivity contribution in [2.24, 2.45) is 0 Å². The van der Waals surface area contributed by atoms with Crippen molar-refractivity contribution in [3.63, 3.8) is 0 Å². The van der Waals surface area contributed by atoms with Crippen molar-refractivity contribution in [3.8, 4) is 28.7 Å². The van der Waals surface area contributed by atoms with E-state index in [2.05, 4.69) is 4.90 Å². The fourth-order valence-corrected chi connectivity index (χ4v) is 4.28. The minimum Gasteiger partial charge on any atom is -0.493 e. The third kappa shape index (κ3) is 3.29. The number of ether oxygens (including phenoxy) is 5. The van der Waals surface area contributed by atoms with E-state index in [1.54, 1.807) is 39.5 Å². The Hall–Kier alpha value is -3.19. The normalized spacial score (nSPS) is 18.8. The molecule has 2 aromatic carbocycles. The maximum atomic E-state index is 13.2. The number of rotatable bonds is 5. The minimum atomic E-state index is -0.141. The smallest absolute Gasteiger partial charge is 0.231 e. The predicted molar refractivity (Wildman–Crippen MR) is 114 cm³/mol. The van der Waals surface area contributed by atoms with Gasteiger partial charge < -0.3 is 23.7 Å². The molecule has 0 atom stereocenters. The number of fused-ring (bicyclic) bond motifs is 2. The van der Waals surface area contributed by atoms with E-state index in [0.717, 1.165) is 23.4 Å². The van der Waals surface area contributed by atoms with Crippen LogP contribution in [0.25, 0.3) is 6.08 Å². The Balaban J connectivity index is 1.50. The van der Waals surface area contributed by atoms with Gasteiger partial charge in [-0.15, -0.1) is 0 Å². The average molecular weight is 423 g/mol. The van der Waals surface area contributed by atoms with Crippen LogP contribution in [0.15, 0.2) is 24.0 Å². The topological polar surface area (TPSA) is 66.5 Å². The lowest BCUT2D eigenvalue weighted by molar-refractivity contribution is 0.0872. The molecule has 31 heavy (non-hydrogen) atoms. The van der Waals surface area contributed by atoms with Crippen LogP contribution in [0.5, 0.6) is 28.7 Å². The molecule has 0 aromatic heterocycles. The molecule has 2 heterocycles. The predicted octanol–water partition coefficient (Wildman–Crippen LogP) is 3.95. The third-order valence-corrected chi connectivity index (χ3v) is 6.01. The van der Waals surface area contributed by atoms with Gasteiger partial charge in [0.25, 0.3) is 0 Å². The summed E-state index contributed by atoms with van der Waals surface area (Å²) in [6.07, 6.45) is 4.13. The summed E-state index contributed by atoms with van der Waals surface area (Å²) in [6, 6.07) is 6.08. The Labute approximate surface area is 181 Å². The van der Waals surface area contributed by atoms with Crippen LogP contribution >= 0.6 is 0 Å². The van der Waals surface area contributed by atoms with Crippen LogP contribution in [-0.2, 0) is 6.54 Å². The molecule has 1 saturated carbocycles. The zero-order valence-corrected chi connectivity index (χ0v) is 18.1. The maximum Gasteiger partial charge on any atom is 0.231 e. The molecule has 3 aliphatic rings. The maximum absolute atomic E-state index is 13.2. The summed E-state index contributed by atoms with van der Waals surface area (Å²) in [5.74, 6) is 3.04. The van der Waals surface area contributed by atoms with Crippen molar-refractivity contribution in [1.29, 1.82) is 0 Å². The molecule has 2 aromatic rings. The number of carbonyl (C=O) groups excluding carboxylic acids is 1. The quantitative estimate of drug-likeness (QED) is 0.675. The van der Waals surface area contributed by atoms with Gasteiger partial charge in [-0.05, 0) is 49.6 Å². The highest BCUT2D eigenvalue weighted by atomic mass is 16.5. The molecule has 7 heteroatoms. The molecular weight excluding hydrogens is 398 g/mol. The second-order valence-electron chi connectivity index (χ2n) is 8.02. The number of Topliss-reactive ketones (excluding diaryl/α,β-unsaturated/α-hetero) is 1. The number of carbonyl (C=O) groups is 1. The monoisotopic (exact) mass is 423 g/mol. The third-order valence-electron chi connectivity index (χ3n) is 6.01. The zero-order valence-electron chi connectivity index (χ0n) is 18.1. The van der Waals surface area contributed by atoms with Crippen LogP contribution in [-0.4, -0.2) is 44.8 Å². The summed E-state index contributed by atoms with van der Waals surface area (Å²) in [5, 5.41) is 0. The van der Waals surface area contributed by atoms with E-state index in [0.29, 0.717) is 46.9 Å². The minimum absolute atomic E-state index is 0.141. The van der Waals surface area contributed by atoms with Gasteiger partial charge in [0, 0.05) is 23.7 Å². The van der Waals surface area contributed by atoms with Crippen LogP contribution < -0.4 is 23.7 Å². The van der Waals surface area contributed by atoms with Gasteiger partial charge in [0.1, 0.15) is 18.2 Å². The summed E-state index contributed by atoms with van der Waals surface area (Å²) in [4.78, 5) is 15.5. The Morgan fingerprint density at radius 2 is 1.74 bits per heavy atom. The van der Waals surface area contributed by atoms with Crippen molar-refractivity contribution in [3.05, 3.63) is 46.2 Å². The highest BCUT2D eigenvalue weighted by Gasteiger charge is 2.36. The highest BCUT2D eigenvalue weighted by Crippen LogP contribution is 2.45. The SMILES string of the molecule is COc1cc(/C=C2\Oc3c(cc4c(c3C)OCN(C3CC3)C4)C2=O)cc(OC)c1OC. The highest BCUT2D eigenvalue weighted by molar-refractivity contribution is 6.15. The van der Waals surface area contributed by atoms with Gasteiger partial charge in [-0.1, -0.05) is 0 Å². The van der Waals surface area contributed by atoms with Crippen molar-refractivity contribution in [2.45, 2.75) is 32.4 Å². The number of hydrogen-bond acceptors (Lipinski definition) is 7. The molecule has 5 rings (SSSR count). The van der Waals surface area contributed by atoms with Gasteiger partial charge in [0.05, 0.1) is 26.9 Å². The molecule has 0 unspecified atom stereocenters. The second-order valence-corrected chi connectivity index (χ2v) is 8.02. The number of benzene rings is 2. The van der Waals surface area contributed by atoms with Crippen molar-refractivity contribution in [1.82, 2.24) is 4.90 Å². The Bertz CT molecular complexity index is 1080. The van der Waals surface area contributed by atoms with Gasteiger partial charge in [-0.3, -0.25) is 9.69 Å². The molecular formula is C24H25NO6. The molecule has 0 radical (unpaired) electrons. The first-order valence-corrected chi connectivity index (χ1v) is 10.3. The van der Waals surface area contributed by atoms with E-state index < -0.39 is 0 Å². The largest absolute Gasteiger partial charge is 0.493 e. The molecule has 0 saturated heterocycles. The summed E-state index contributed by atoms with van der Waals surface area (Å²) in [5.41, 5.74) is 3.20. The van der Waals surface area contributed by atoms with E-state index >= 15 is 0 Å². The van der Waals surface area contributed by atoms with Gasteiger partial charge in [-0.25, -0.2) is 0 Å². The fourth-order valence-electron chi connectivity index (χ4n) is 4.28. The Morgan fingerprint density at radius 1 is 1.03 bits per heavy atom. The van der Waals surface area contributed by atoms with Gasteiger partial charge in [-0.2, -0.15) is 0 Å². The van der Waals surface area contributed by atoms with Crippen LogP contribution in [0.2, 0.25) is 0 Å². The summed E-state index contributed by atoms with van der Waals surface area (Å²) < 4.78 is 28.2. The van der Waals surface area contributed by atoms with Gasteiger partial charge in [0.15, 0.2) is 17.3 Å². The van der Waals surface area contributed by atoms with Gasteiger partial charge >= 0.3 is 0 Å². The Morgan fingerprint density at radius 3 is 2.35 bits per heavy atom. The molecule has 0 bridgehead atoms. The lowest BCUT2D eigenvalue weighted by atomic mass is 10.00. The van der Waals surface area contributed by atoms with Crippen LogP contribution in [0.4, 0.5) is 0 Å². The fraction of sp³-hybridized carbons (Fsp3) is 0.375. The average Bonchev–Trinajstić information content (AvgIpc) is 3.59. The molecule has 162 valence electrons. The van der Waals surface area contributed by atoms with E-state index in [1.165, 1.54) is 12.8 Å². The standard InChI is InChI=1S/C24H25NO6/c1-13-22-15(11-25(12-30-22)16-5-6-16)10-17-21(26)18(31-23(13)17)7-14-8-19(27-2)24(29-4)20(9-14)28-3/h7-10,16H,5-6,11-12H2,1-4H3/b18-7-. The first-order chi connectivity index (χ1) is 15.0. The molecule has 1 fully saturated rings. The number of methoxy groups -OCH3 is 3. The Kier molecular flexibility index (Phi) is 4.78.